The summed E-state index contributed by atoms with van der Waals surface area (Å²) >= 11 is 2.02. The summed E-state index contributed by atoms with van der Waals surface area (Å²) in [6.45, 7) is 6.32. The van der Waals surface area contributed by atoms with Crippen LogP contribution in [0.15, 0.2) is 0 Å². The Morgan fingerprint density at radius 2 is 2.18 bits per heavy atom. The summed E-state index contributed by atoms with van der Waals surface area (Å²) in [6, 6.07) is 0. The first-order valence-corrected chi connectivity index (χ1v) is 7.52. The molecule has 1 unspecified atom stereocenters. The number of hydrogen-bond acceptors (Lipinski definition) is 4. The van der Waals surface area contributed by atoms with Crippen LogP contribution >= 0.6 is 11.8 Å². The van der Waals surface area contributed by atoms with Crippen LogP contribution in [0.2, 0.25) is 0 Å². The number of rotatable bonds is 2. The highest BCUT2D eigenvalue weighted by Gasteiger charge is 2.26. The van der Waals surface area contributed by atoms with E-state index in [1.807, 2.05) is 11.8 Å². The predicted molar refractivity (Wildman–Crippen MR) is 71.1 cm³/mol. The molecular weight excluding hydrogens is 230 g/mol. The molecule has 1 aromatic heterocycles. The fourth-order valence-electron chi connectivity index (χ4n) is 2.62. The molecule has 92 valence electrons. The third kappa shape index (κ3) is 2.08. The highest BCUT2D eigenvalue weighted by molar-refractivity contribution is 7.99. The van der Waals surface area contributed by atoms with E-state index in [4.69, 9.17) is 9.97 Å². The molecule has 1 N–H and O–H groups in total. The Labute approximate surface area is 107 Å². The summed E-state index contributed by atoms with van der Waals surface area (Å²) in [5, 5.41) is 3.93. The quantitative estimate of drug-likeness (QED) is 0.874. The van der Waals surface area contributed by atoms with Crippen LogP contribution < -0.4 is 5.32 Å². The topological polar surface area (TPSA) is 37.8 Å². The summed E-state index contributed by atoms with van der Waals surface area (Å²) in [5.41, 5.74) is 3.86. The molecule has 3 heterocycles. The van der Waals surface area contributed by atoms with Gasteiger partial charge >= 0.3 is 0 Å². The molecule has 0 radical (unpaired) electrons. The Morgan fingerprint density at radius 3 is 2.88 bits per heavy atom. The molecule has 3 rings (SSSR count). The van der Waals surface area contributed by atoms with Crippen LogP contribution in [0.1, 0.15) is 60.6 Å². The van der Waals surface area contributed by atoms with Gasteiger partial charge in [-0.15, -0.1) is 0 Å². The standard InChI is InChI=1S/C13H19N3S/c1-8(2)12-9-6-14-7-10(9)15-13(16-12)11-4-3-5-17-11/h8,11,14H,3-7H2,1-2H3. The molecule has 1 atom stereocenters. The second-order valence-corrected chi connectivity index (χ2v) is 6.46. The molecule has 17 heavy (non-hydrogen) atoms. The molecule has 2 aliphatic rings. The van der Waals surface area contributed by atoms with Crippen LogP contribution in [0.25, 0.3) is 0 Å². The summed E-state index contributed by atoms with van der Waals surface area (Å²) in [4.78, 5) is 9.64. The zero-order chi connectivity index (χ0) is 11.8. The number of nitrogens with one attached hydrogen (secondary N) is 1. The van der Waals surface area contributed by atoms with Crippen molar-refractivity contribution >= 4 is 11.8 Å². The first kappa shape index (κ1) is 11.5. The van der Waals surface area contributed by atoms with Crippen LogP contribution in [-0.2, 0) is 13.1 Å². The molecular formula is C13H19N3S. The van der Waals surface area contributed by atoms with Gasteiger partial charge in [0.1, 0.15) is 5.82 Å². The third-order valence-electron chi connectivity index (χ3n) is 3.50. The summed E-state index contributed by atoms with van der Waals surface area (Å²) in [5.74, 6) is 2.84. The van der Waals surface area contributed by atoms with Crippen molar-refractivity contribution in [3.8, 4) is 0 Å². The van der Waals surface area contributed by atoms with Gasteiger partial charge < -0.3 is 5.32 Å². The molecule has 0 bridgehead atoms. The summed E-state index contributed by atoms with van der Waals surface area (Å²) < 4.78 is 0. The van der Waals surface area contributed by atoms with Crippen LogP contribution in [0.5, 0.6) is 0 Å². The van der Waals surface area contributed by atoms with Crippen LogP contribution in [0.4, 0.5) is 0 Å². The van der Waals surface area contributed by atoms with Gasteiger partial charge in [0, 0.05) is 18.7 Å². The van der Waals surface area contributed by atoms with Gasteiger partial charge in [-0.3, -0.25) is 0 Å². The highest BCUT2D eigenvalue weighted by atomic mass is 32.2. The smallest absolute Gasteiger partial charge is 0.141 e. The van der Waals surface area contributed by atoms with Crippen molar-refractivity contribution in [2.45, 2.75) is 50.9 Å². The molecule has 0 aromatic carbocycles. The largest absolute Gasteiger partial charge is 0.307 e. The summed E-state index contributed by atoms with van der Waals surface area (Å²) in [7, 11) is 0. The van der Waals surface area contributed by atoms with Crippen LogP contribution in [-0.4, -0.2) is 15.7 Å². The fraction of sp³-hybridized carbons (Fsp3) is 0.692. The Balaban J connectivity index is 2.02. The van der Waals surface area contributed by atoms with E-state index in [9.17, 15) is 0 Å². The lowest BCUT2D eigenvalue weighted by molar-refractivity contribution is 0.725. The van der Waals surface area contributed by atoms with E-state index in [1.54, 1.807) is 0 Å². The van der Waals surface area contributed by atoms with E-state index in [0.29, 0.717) is 11.2 Å². The van der Waals surface area contributed by atoms with Crippen LogP contribution in [0.3, 0.4) is 0 Å². The molecule has 0 spiro atoms. The number of aromatic nitrogens is 2. The van der Waals surface area contributed by atoms with Gasteiger partial charge in [-0.25, -0.2) is 9.97 Å². The van der Waals surface area contributed by atoms with Gasteiger partial charge in [0.25, 0.3) is 0 Å². The molecule has 0 saturated carbocycles. The van der Waals surface area contributed by atoms with E-state index < -0.39 is 0 Å². The van der Waals surface area contributed by atoms with Crippen molar-refractivity contribution in [1.29, 1.82) is 0 Å². The number of thioether (sulfide) groups is 1. The molecule has 4 heteroatoms. The summed E-state index contributed by atoms with van der Waals surface area (Å²) in [6.07, 6.45) is 2.56. The Bertz CT molecular complexity index is 425. The maximum absolute atomic E-state index is 4.85. The lowest BCUT2D eigenvalue weighted by atomic mass is 10.0. The predicted octanol–water partition coefficient (Wildman–Crippen LogP) is 2.77. The van der Waals surface area contributed by atoms with Crippen molar-refractivity contribution in [2.24, 2.45) is 0 Å². The van der Waals surface area contributed by atoms with Crippen molar-refractivity contribution in [1.82, 2.24) is 15.3 Å². The van der Waals surface area contributed by atoms with E-state index in [1.165, 1.54) is 35.5 Å². The molecule has 2 aliphatic heterocycles. The molecule has 3 nitrogen and oxygen atoms in total. The first-order chi connectivity index (χ1) is 8.25. The molecule has 0 aliphatic carbocycles. The van der Waals surface area contributed by atoms with Crippen molar-refractivity contribution in [2.75, 3.05) is 5.75 Å². The normalized spacial score (nSPS) is 23.4. The SMILES string of the molecule is CC(C)c1nc(C2CCCS2)nc2c1CNC2. The molecule has 1 fully saturated rings. The minimum absolute atomic E-state index is 0.497. The minimum atomic E-state index is 0.497. The highest BCUT2D eigenvalue weighted by Crippen LogP contribution is 2.39. The van der Waals surface area contributed by atoms with Gasteiger partial charge in [0.2, 0.25) is 0 Å². The Kier molecular flexibility index (Phi) is 3.09. The lowest BCUT2D eigenvalue weighted by Gasteiger charge is -2.14. The van der Waals surface area contributed by atoms with Gasteiger partial charge in [0.05, 0.1) is 16.6 Å². The number of nitrogens with zero attached hydrogens (tertiary/aromatic N) is 2. The first-order valence-electron chi connectivity index (χ1n) is 6.47. The van der Waals surface area contributed by atoms with Crippen molar-refractivity contribution < 1.29 is 0 Å². The number of fused-ring (bicyclic) bond motifs is 1. The average molecular weight is 249 g/mol. The van der Waals surface area contributed by atoms with Gasteiger partial charge in [-0.2, -0.15) is 11.8 Å². The van der Waals surface area contributed by atoms with Crippen molar-refractivity contribution in [3.63, 3.8) is 0 Å². The minimum Gasteiger partial charge on any atom is -0.307 e. The van der Waals surface area contributed by atoms with Gasteiger partial charge in [-0.05, 0) is 24.5 Å². The monoisotopic (exact) mass is 249 g/mol. The van der Waals surface area contributed by atoms with E-state index in [-0.39, 0.29) is 0 Å². The van der Waals surface area contributed by atoms with Crippen molar-refractivity contribution in [3.05, 3.63) is 22.8 Å². The second-order valence-electron chi connectivity index (χ2n) is 5.15. The van der Waals surface area contributed by atoms with E-state index >= 15 is 0 Å². The second kappa shape index (κ2) is 4.58. The fourth-order valence-corrected chi connectivity index (χ4v) is 3.82. The zero-order valence-electron chi connectivity index (χ0n) is 10.5. The average Bonchev–Trinajstić information content (AvgIpc) is 2.98. The van der Waals surface area contributed by atoms with Crippen LogP contribution in [0, 0.1) is 0 Å². The maximum Gasteiger partial charge on any atom is 0.141 e. The number of hydrogen-bond donors (Lipinski definition) is 1. The van der Waals surface area contributed by atoms with Gasteiger partial charge in [-0.1, -0.05) is 13.8 Å². The maximum atomic E-state index is 4.85. The van der Waals surface area contributed by atoms with Gasteiger partial charge in [0.15, 0.2) is 0 Å². The zero-order valence-corrected chi connectivity index (χ0v) is 11.3. The Morgan fingerprint density at radius 1 is 1.29 bits per heavy atom. The van der Waals surface area contributed by atoms with E-state index in [0.717, 1.165) is 18.9 Å². The molecule has 0 amide bonds. The Hall–Kier alpha value is -0.610. The molecule has 1 saturated heterocycles. The molecule has 1 aromatic rings. The third-order valence-corrected chi connectivity index (χ3v) is 4.87. The van der Waals surface area contributed by atoms with E-state index in [2.05, 4.69) is 19.2 Å². The lowest BCUT2D eigenvalue weighted by Crippen LogP contribution is -2.08.